The Bertz CT molecular complexity index is 588. The molecule has 20 heavy (non-hydrogen) atoms. The maximum absolute atomic E-state index is 12.1. The minimum absolute atomic E-state index is 0.0414. The molecule has 0 aliphatic carbocycles. The lowest BCUT2D eigenvalue weighted by Gasteiger charge is -2.14. The molecule has 0 aliphatic heterocycles. The number of aromatic nitrogens is 2. The molecule has 6 heteroatoms. The average molecular weight is 291 g/mol. The molecule has 0 fully saturated rings. The number of aromatic hydroxyl groups is 1. The Labute approximate surface area is 121 Å². The van der Waals surface area contributed by atoms with Crippen LogP contribution in [-0.4, -0.2) is 21.0 Å². The number of thiazole rings is 1. The second-order valence-corrected chi connectivity index (χ2v) is 5.76. The van der Waals surface area contributed by atoms with E-state index >= 15 is 0 Å². The topological polar surface area (TPSA) is 75.1 Å². The molecule has 2 aromatic rings. The van der Waals surface area contributed by atoms with E-state index in [1.165, 1.54) is 18.3 Å². The highest BCUT2D eigenvalue weighted by Gasteiger charge is 2.18. The van der Waals surface area contributed by atoms with Gasteiger partial charge in [0.25, 0.3) is 5.91 Å². The van der Waals surface area contributed by atoms with Gasteiger partial charge in [0.2, 0.25) is 0 Å². The highest BCUT2D eigenvalue weighted by molar-refractivity contribution is 7.11. The molecule has 2 heterocycles. The zero-order chi connectivity index (χ0) is 14.7. The number of carbonyl (C=O) groups is 1. The number of nitrogens with one attached hydrogen (secondary N) is 1. The van der Waals surface area contributed by atoms with Crippen LogP contribution in [-0.2, 0) is 0 Å². The Hall–Kier alpha value is -1.95. The predicted octanol–water partition coefficient (Wildman–Crippen LogP) is 2.74. The van der Waals surface area contributed by atoms with E-state index < -0.39 is 0 Å². The van der Waals surface area contributed by atoms with Crippen molar-refractivity contribution in [2.45, 2.75) is 33.2 Å². The van der Waals surface area contributed by atoms with Gasteiger partial charge in [-0.15, -0.1) is 11.3 Å². The van der Waals surface area contributed by atoms with E-state index in [1.807, 2.05) is 20.8 Å². The molecule has 1 amide bonds. The summed E-state index contributed by atoms with van der Waals surface area (Å²) in [6.45, 7) is 5.99. The van der Waals surface area contributed by atoms with Crippen molar-refractivity contribution in [3.8, 4) is 5.75 Å². The van der Waals surface area contributed by atoms with Gasteiger partial charge >= 0.3 is 0 Å². The maximum Gasteiger partial charge on any atom is 0.270 e. The monoisotopic (exact) mass is 291 g/mol. The first-order chi connectivity index (χ1) is 9.51. The quantitative estimate of drug-likeness (QED) is 0.908. The highest BCUT2D eigenvalue weighted by Crippen LogP contribution is 2.25. The number of hydrogen-bond donors (Lipinski definition) is 2. The number of amides is 1. The number of hydrogen-bond acceptors (Lipinski definition) is 5. The largest absolute Gasteiger partial charge is 0.506 e. The van der Waals surface area contributed by atoms with Crippen LogP contribution in [0, 0.1) is 13.8 Å². The van der Waals surface area contributed by atoms with Gasteiger partial charge in [-0.1, -0.05) is 6.92 Å². The summed E-state index contributed by atoms with van der Waals surface area (Å²) < 4.78 is 0. The van der Waals surface area contributed by atoms with Crippen molar-refractivity contribution in [3.63, 3.8) is 0 Å². The van der Waals surface area contributed by atoms with Gasteiger partial charge in [-0.3, -0.25) is 4.79 Å². The van der Waals surface area contributed by atoms with Crippen LogP contribution in [0.2, 0.25) is 0 Å². The average Bonchev–Trinajstić information content (AvgIpc) is 2.76. The number of aryl methyl sites for hydroxylation is 2. The van der Waals surface area contributed by atoms with Crippen LogP contribution in [0.4, 0.5) is 0 Å². The van der Waals surface area contributed by atoms with Crippen LogP contribution in [0.5, 0.6) is 5.75 Å². The fourth-order valence-electron chi connectivity index (χ4n) is 1.74. The molecule has 1 atom stereocenters. The van der Waals surface area contributed by atoms with Crippen LogP contribution in [0.25, 0.3) is 0 Å². The fourth-order valence-corrected chi connectivity index (χ4v) is 2.80. The summed E-state index contributed by atoms with van der Waals surface area (Å²) >= 11 is 1.60. The minimum atomic E-state index is -0.262. The zero-order valence-electron chi connectivity index (χ0n) is 11.7. The molecule has 0 bridgehead atoms. The summed E-state index contributed by atoms with van der Waals surface area (Å²) in [4.78, 5) is 21.7. The third kappa shape index (κ3) is 3.14. The van der Waals surface area contributed by atoms with Gasteiger partial charge in [0, 0.05) is 4.88 Å². The molecule has 0 radical (unpaired) electrons. The van der Waals surface area contributed by atoms with Gasteiger partial charge in [0.1, 0.15) is 16.5 Å². The first-order valence-corrected chi connectivity index (χ1v) is 7.22. The van der Waals surface area contributed by atoms with Crippen molar-refractivity contribution < 1.29 is 9.90 Å². The van der Waals surface area contributed by atoms with E-state index in [0.717, 1.165) is 22.0 Å². The lowest BCUT2D eigenvalue weighted by molar-refractivity contribution is 0.0930. The first-order valence-electron chi connectivity index (χ1n) is 6.41. The number of carbonyl (C=O) groups excluding carboxylic acids is 1. The van der Waals surface area contributed by atoms with E-state index in [2.05, 4.69) is 15.3 Å². The predicted molar refractivity (Wildman–Crippen MR) is 78.0 cm³/mol. The molecule has 106 valence electrons. The van der Waals surface area contributed by atoms with Gasteiger partial charge in [-0.05, 0) is 32.4 Å². The molecule has 2 rings (SSSR count). The molecule has 0 saturated carbocycles. The number of rotatable bonds is 4. The molecule has 1 unspecified atom stereocenters. The Morgan fingerprint density at radius 1 is 1.45 bits per heavy atom. The third-order valence-electron chi connectivity index (χ3n) is 3.04. The van der Waals surface area contributed by atoms with Gasteiger partial charge in [-0.2, -0.15) is 0 Å². The van der Waals surface area contributed by atoms with Gasteiger partial charge < -0.3 is 10.4 Å². The lowest BCUT2D eigenvalue weighted by atomic mass is 10.2. The van der Waals surface area contributed by atoms with Gasteiger partial charge in [0.05, 0.1) is 17.9 Å². The summed E-state index contributed by atoms with van der Waals surface area (Å²) in [5, 5.41) is 13.0. The first kappa shape index (κ1) is 14.5. The molecule has 2 aromatic heterocycles. The van der Waals surface area contributed by atoms with Crippen molar-refractivity contribution in [2.24, 2.45) is 0 Å². The number of pyridine rings is 1. The van der Waals surface area contributed by atoms with Crippen LogP contribution >= 0.6 is 11.3 Å². The van der Waals surface area contributed by atoms with Crippen LogP contribution in [0.3, 0.4) is 0 Å². The van der Waals surface area contributed by atoms with Crippen molar-refractivity contribution in [2.75, 3.05) is 0 Å². The molecule has 0 aliphatic rings. The van der Waals surface area contributed by atoms with E-state index in [-0.39, 0.29) is 23.4 Å². The van der Waals surface area contributed by atoms with E-state index in [1.54, 1.807) is 11.3 Å². The standard InChI is InChI=1S/C14H17N3O2S/c1-4-11(14-16-8(2)9(3)20-14)17-13(19)12-6-5-10(18)7-15-12/h5-7,11,18H,4H2,1-3H3,(H,17,19). The summed E-state index contributed by atoms with van der Waals surface area (Å²) in [5.74, 6) is -0.220. The smallest absolute Gasteiger partial charge is 0.270 e. The molecule has 2 N–H and O–H groups in total. The Kier molecular flexibility index (Phi) is 4.34. The van der Waals surface area contributed by atoms with Crippen molar-refractivity contribution in [1.82, 2.24) is 15.3 Å². The fraction of sp³-hybridized carbons (Fsp3) is 0.357. The summed E-state index contributed by atoms with van der Waals surface area (Å²) in [6, 6.07) is 2.83. The SMILES string of the molecule is CCC(NC(=O)c1ccc(O)cn1)c1nc(C)c(C)s1. The van der Waals surface area contributed by atoms with E-state index in [9.17, 15) is 9.90 Å². The Balaban J connectivity index is 2.13. The third-order valence-corrected chi connectivity index (χ3v) is 4.22. The van der Waals surface area contributed by atoms with Crippen molar-refractivity contribution in [3.05, 3.63) is 39.6 Å². The van der Waals surface area contributed by atoms with Gasteiger partial charge in [0.15, 0.2) is 0 Å². The van der Waals surface area contributed by atoms with Crippen LogP contribution in [0.1, 0.15) is 45.5 Å². The Morgan fingerprint density at radius 3 is 2.70 bits per heavy atom. The molecule has 5 nitrogen and oxygen atoms in total. The Morgan fingerprint density at radius 2 is 2.20 bits per heavy atom. The highest BCUT2D eigenvalue weighted by atomic mass is 32.1. The maximum atomic E-state index is 12.1. The summed E-state index contributed by atoms with van der Waals surface area (Å²) in [7, 11) is 0. The van der Waals surface area contributed by atoms with Crippen molar-refractivity contribution in [1.29, 1.82) is 0 Å². The molecule has 0 aromatic carbocycles. The lowest BCUT2D eigenvalue weighted by Crippen LogP contribution is -2.28. The molecular formula is C14H17N3O2S. The van der Waals surface area contributed by atoms with E-state index in [4.69, 9.17) is 0 Å². The second kappa shape index (κ2) is 6.00. The molecule has 0 saturated heterocycles. The molecular weight excluding hydrogens is 274 g/mol. The van der Waals surface area contributed by atoms with E-state index in [0.29, 0.717) is 0 Å². The normalized spacial score (nSPS) is 12.2. The molecule has 0 spiro atoms. The summed E-state index contributed by atoms with van der Waals surface area (Å²) in [6.07, 6.45) is 2.02. The number of nitrogens with zero attached hydrogens (tertiary/aromatic N) is 2. The second-order valence-electron chi connectivity index (χ2n) is 4.53. The van der Waals surface area contributed by atoms with Crippen LogP contribution in [0.15, 0.2) is 18.3 Å². The summed E-state index contributed by atoms with van der Waals surface area (Å²) in [5.41, 5.74) is 1.28. The van der Waals surface area contributed by atoms with Crippen LogP contribution < -0.4 is 5.32 Å². The zero-order valence-corrected chi connectivity index (χ0v) is 12.5. The van der Waals surface area contributed by atoms with Gasteiger partial charge in [-0.25, -0.2) is 9.97 Å². The minimum Gasteiger partial charge on any atom is -0.506 e. The van der Waals surface area contributed by atoms with Crippen molar-refractivity contribution >= 4 is 17.2 Å².